The predicted molar refractivity (Wildman–Crippen MR) is 69.7 cm³/mol. The molecule has 94 valence electrons. The lowest BCUT2D eigenvalue weighted by atomic mass is 9.73. The van der Waals surface area contributed by atoms with E-state index in [4.69, 9.17) is 4.74 Å². The third-order valence-electron chi connectivity index (χ3n) is 4.04. The van der Waals surface area contributed by atoms with Crippen LogP contribution < -0.4 is 5.32 Å². The minimum Gasteiger partial charge on any atom is -0.377 e. The standard InChI is InChI=1S/C14H27NO/c1-5-6-9-13(15-3)14(16-4)10-7-8-12(2)11-14/h5,12-13,15H,1,6-11H2,2-4H3. The number of rotatable bonds is 6. The van der Waals surface area contributed by atoms with Crippen molar-refractivity contribution in [3.63, 3.8) is 0 Å². The van der Waals surface area contributed by atoms with Gasteiger partial charge >= 0.3 is 0 Å². The molecule has 0 saturated heterocycles. The van der Waals surface area contributed by atoms with Crippen LogP contribution in [-0.2, 0) is 4.74 Å². The molecule has 1 saturated carbocycles. The first-order chi connectivity index (χ1) is 7.68. The first-order valence-electron chi connectivity index (χ1n) is 6.52. The second kappa shape index (κ2) is 6.41. The number of likely N-dealkylation sites (N-methyl/N-ethyl adjacent to an activating group) is 1. The highest BCUT2D eigenvalue weighted by Crippen LogP contribution is 2.38. The van der Waals surface area contributed by atoms with Crippen molar-refractivity contribution >= 4 is 0 Å². The summed E-state index contributed by atoms with van der Waals surface area (Å²) in [7, 11) is 3.92. The summed E-state index contributed by atoms with van der Waals surface area (Å²) in [5.74, 6) is 0.785. The van der Waals surface area contributed by atoms with Gasteiger partial charge in [0.2, 0.25) is 0 Å². The molecule has 16 heavy (non-hydrogen) atoms. The first-order valence-corrected chi connectivity index (χ1v) is 6.52. The van der Waals surface area contributed by atoms with Crippen LogP contribution in [0.3, 0.4) is 0 Å². The van der Waals surface area contributed by atoms with E-state index in [0.717, 1.165) is 18.8 Å². The molecule has 0 amide bonds. The molecular weight excluding hydrogens is 198 g/mol. The van der Waals surface area contributed by atoms with E-state index in [0.29, 0.717) is 6.04 Å². The average Bonchev–Trinajstić information content (AvgIpc) is 2.30. The smallest absolute Gasteiger partial charge is 0.0833 e. The van der Waals surface area contributed by atoms with Gasteiger partial charge in [-0.1, -0.05) is 25.8 Å². The Balaban J connectivity index is 2.70. The molecule has 0 aromatic carbocycles. The van der Waals surface area contributed by atoms with Gasteiger partial charge in [-0.15, -0.1) is 6.58 Å². The molecule has 0 aromatic rings. The zero-order valence-corrected chi connectivity index (χ0v) is 11.1. The molecular formula is C14H27NO. The van der Waals surface area contributed by atoms with Crippen LogP contribution in [0.2, 0.25) is 0 Å². The zero-order valence-electron chi connectivity index (χ0n) is 11.1. The summed E-state index contributed by atoms with van der Waals surface area (Å²) < 4.78 is 5.90. The highest BCUT2D eigenvalue weighted by atomic mass is 16.5. The second-order valence-corrected chi connectivity index (χ2v) is 5.18. The first kappa shape index (κ1) is 13.7. The maximum atomic E-state index is 5.90. The van der Waals surface area contributed by atoms with Gasteiger partial charge in [0.25, 0.3) is 0 Å². The minimum absolute atomic E-state index is 0.0510. The van der Waals surface area contributed by atoms with Crippen molar-refractivity contribution in [3.05, 3.63) is 12.7 Å². The summed E-state index contributed by atoms with van der Waals surface area (Å²) in [4.78, 5) is 0. The fraction of sp³-hybridized carbons (Fsp3) is 0.857. The van der Waals surface area contributed by atoms with Crippen LogP contribution in [0.4, 0.5) is 0 Å². The Kier molecular flexibility index (Phi) is 5.50. The lowest BCUT2D eigenvalue weighted by Crippen LogP contribution is -2.53. The number of allylic oxidation sites excluding steroid dienone is 1. The van der Waals surface area contributed by atoms with Crippen LogP contribution >= 0.6 is 0 Å². The van der Waals surface area contributed by atoms with Crippen molar-refractivity contribution in [1.29, 1.82) is 0 Å². The molecule has 0 spiro atoms. The highest BCUT2D eigenvalue weighted by molar-refractivity contribution is 4.97. The van der Waals surface area contributed by atoms with Crippen molar-refractivity contribution in [2.75, 3.05) is 14.2 Å². The molecule has 1 fully saturated rings. The second-order valence-electron chi connectivity index (χ2n) is 5.18. The SMILES string of the molecule is C=CCCC(NC)C1(OC)CCCC(C)C1. The molecule has 0 aliphatic heterocycles. The number of hydrogen-bond acceptors (Lipinski definition) is 2. The van der Waals surface area contributed by atoms with Crippen molar-refractivity contribution in [2.45, 2.75) is 57.1 Å². The molecule has 1 aliphatic carbocycles. The number of nitrogens with one attached hydrogen (secondary N) is 1. The number of ether oxygens (including phenoxy) is 1. The summed E-state index contributed by atoms with van der Waals surface area (Å²) in [6.07, 6.45) is 9.21. The van der Waals surface area contributed by atoms with Crippen molar-refractivity contribution in [1.82, 2.24) is 5.32 Å². The Labute approximate surface area is 100 Å². The molecule has 3 atom stereocenters. The molecule has 0 aromatic heterocycles. The van der Waals surface area contributed by atoms with Crippen LogP contribution in [0.5, 0.6) is 0 Å². The molecule has 1 rings (SSSR count). The summed E-state index contributed by atoms with van der Waals surface area (Å²) in [5.41, 5.74) is 0.0510. The van der Waals surface area contributed by atoms with E-state index in [2.05, 4.69) is 18.8 Å². The van der Waals surface area contributed by atoms with E-state index in [1.165, 1.54) is 25.7 Å². The Bertz CT molecular complexity index is 217. The number of hydrogen-bond donors (Lipinski definition) is 1. The van der Waals surface area contributed by atoms with Gasteiger partial charge in [0.1, 0.15) is 0 Å². The molecule has 2 nitrogen and oxygen atoms in total. The summed E-state index contributed by atoms with van der Waals surface area (Å²) in [6.45, 7) is 6.15. The van der Waals surface area contributed by atoms with E-state index >= 15 is 0 Å². The van der Waals surface area contributed by atoms with Crippen LogP contribution in [0.25, 0.3) is 0 Å². The summed E-state index contributed by atoms with van der Waals surface area (Å²) >= 11 is 0. The Morgan fingerprint density at radius 1 is 1.62 bits per heavy atom. The monoisotopic (exact) mass is 225 g/mol. The lowest BCUT2D eigenvalue weighted by Gasteiger charge is -2.44. The van der Waals surface area contributed by atoms with Crippen LogP contribution in [0.15, 0.2) is 12.7 Å². The topological polar surface area (TPSA) is 21.3 Å². The fourth-order valence-electron chi connectivity index (χ4n) is 3.14. The fourth-order valence-corrected chi connectivity index (χ4v) is 3.14. The van der Waals surface area contributed by atoms with Crippen LogP contribution in [-0.4, -0.2) is 25.8 Å². The van der Waals surface area contributed by atoms with Gasteiger partial charge < -0.3 is 10.1 Å². The normalized spacial score (nSPS) is 32.3. The minimum atomic E-state index is 0.0510. The van der Waals surface area contributed by atoms with Gasteiger partial charge in [-0.2, -0.15) is 0 Å². The molecule has 0 bridgehead atoms. The lowest BCUT2D eigenvalue weighted by molar-refractivity contribution is -0.0791. The Morgan fingerprint density at radius 2 is 2.38 bits per heavy atom. The summed E-state index contributed by atoms with van der Waals surface area (Å²) in [6, 6.07) is 0.457. The Morgan fingerprint density at radius 3 is 2.88 bits per heavy atom. The molecule has 3 unspecified atom stereocenters. The summed E-state index contributed by atoms with van der Waals surface area (Å²) in [5, 5.41) is 3.45. The van der Waals surface area contributed by atoms with E-state index in [-0.39, 0.29) is 5.60 Å². The van der Waals surface area contributed by atoms with Gasteiger partial charge in [0.15, 0.2) is 0 Å². The molecule has 0 heterocycles. The van der Waals surface area contributed by atoms with Gasteiger partial charge in [-0.3, -0.25) is 0 Å². The highest BCUT2D eigenvalue weighted by Gasteiger charge is 2.40. The average molecular weight is 225 g/mol. The van der Waals surface area contributed by atoms with Crippen molar-refractivity contribution in [3.8, 4) is 0 Å². The van der Waals surface area contributed by atoms with E-state index in [9.17, 15) is 0 Å². The van der Waals surface area contributed by atoms with Gasteiger partial charge in [-0.05, 0) is 38.6 Å². The van der Waals surface area contributed by atoms with Crippen molar-refractivity contribution < 1.29 is 4.74 Å². The van der Waals surface area contributed by atoms with Gasteiger partial charge in [-0.25, -0.2) is 0 Å². The van der Waals surface area contributed by atoms with Gasteiger partial charge in [0, 0.05) is 13.2 Å². The third kappa shape index (κ3) is 3.08. The third-order valence-corrected chi connectivity index (χ3v) is 4.04. The quantitative estimate of drug-likeness (QED) is 0.701. The Hall–Kier alpha value is -0.340. The maximum Gasteiger partial charge on any atom is 0.0833 e. The van der Waals surface area contributed by atoms with E-state index in [1.54, 1.807) is 0 Å². The molecule has 0 radical (unpaired) electrons. The van der Waals surface area contributed by atoms with Crippen LogP contribution in [0, 0.1) is 5.92 Å². The largest absolute Gasteiger partial charge is 0.377 e. The predicted octanol–water partition coefficient (Wildman–Crippen LogP) is 3.14. The molecule has 2 heteroatoms. The van der Waals surface area contributed by atoms with Crippen molar-refractivity contribution in [2.24, 2.45) is 5.92 Å². The molecule has 1 aliphatic rings. The zero-order chi connectivity index (χ0) is 12.0. The molecule has 1 N–H and O–H groups in total. The van der Waals surface area contributed by atoms with Crippen LogP contribution in [0.1, 0.15) is 45.4 Å². The van der Waals surface area contributed by atoms with E-state index in [1.807, 2.05) is 20.2 Å². The number of methoxy groups -OCH3 is 1. The van der Waals surface area contributed by atoms with E-state index < -0.39 is 0 Å². The maximum absolute atomic E-state index is 5.90. The van der Waals surface area contributed by atoms with Gasteiger partial charge in [0.05, 0.1) is 5.60 Å².